The van der Waals surface area contributed by atoms with Crippen molar-refractivity contribution in [1.82, 2.24) is 0 Å². The van der Waals surface area contributed by atoms with Crippen LogP contribution in [0.3, 0.4) is 0 Å². The molecule has 9 heavy (non-hydrogen) atoms. The van der Waals surface area contributed by atoms with Gasteiger partial charge in [-0.25, -0.2) is 0 Å². The zero-order valence-electron chi connectivity index (χ0n) is 6.99. The Labute approximate surface area is 67.5 Å². The van der Waals surface area contributed by atoms with Gasteiger partial charge in [-0.1, -0.05) is 0 Å². The third kappa shape index (κ3) is 9.18. The van der Waals surface area contributed by atoms with Gasteiger partial charge in [-0.15, -0.1) is 0 Å². The van der Waals surface area contributed by atoms with Crippen molar-refractivity contribution in [3.05, 3.63) is 0 Å². The van der Waals surface area contributed by atoms with Gasteiger partial charge in [0.15, 0.2) is 0 Å². The van der Waals surface area contributed by atoms with E-state index < -0.39 is 22.5 Å². The molecular formula is C6H17ClGeS. The summed E-state index contributed by atoms with van der Waals surface area (Å²) in [5.74, 6) is 7.24. The molecule has 0 saturated heterocycles. The van der Waals surface area contributed by atoms with Crippen molar-refractivity contribution in [3.8, 4) is 0 Å². The third-order valence-corrected chi connectivity index (χ3v) is 13.8. The zero-order chi connectivity index (χ0) is 7.71. The number of halogens is 1. The SMILES string of the molecule is CS(C)(Cl)[CH2][Ge]([CH3])([CH3])[CH3]. The number of hydrogen-bond donors (Lipinski definition) is 0. The number of hydrogen-bond acceptors (Lipinski definition) is 0. The Kier molecular flexibility index (Phi) is 3.46. The van der Waals surface area contributed by atoms with Gasteiger partial charge >= 0.3 is 67.6 Å². The summed E-state index contributed by atoms with van der Waals surface area (Å²) in [7, 11) is 5.42. The summed E-state index contributed by atoms with van der Waals surface area (Å²) in [5, 5.41) is 0. The molecule has 0 fully saturated rings. The van der Waals surface area contributed by atoms with Crippen LogP contribution in [-0.4, -0.2) is 30.4 Å². The first-order chi connectivity index (χ1) is 3.71. The van der Waals surface area contributed by atoms with E-state index in [9.17, 15) is 0 Å². The molecule has 0 heterocycles. The summed E-state index contributed by atoms with van der Waals surface area (Å²) in [4.78, 5) is 0. The van der Waals surface area contributed by atoms with Crippen LogP contribution in [0, 0.1) is 0 Å². The van der Waals surface area contributed by atoms with Gasteiger partial charge in [0, 0.05) is 0 Å². The van der Waals surface area contributed by atoms with Crippen molar-refractivity contribution in [1.29, 1.82) is 0 Å². The van der Waals surface area contributed by atoms with E-state index in [2.05, 4.69) is 29.8 Å². The summed E-state index contributed by atoms with van der Waals surface area (Å²) in [6, 6.07) is 0. The first-order valence-corrected chi connectivity index (χ1v) is 14.3. The molecule has 0 bridgehead atoms. The second kappa shape index (κ2) is 3.06. The molecule has 0 aromatic heterocycles. The van der Waals surface area contributed by atoms with E-state index in [1.165, 1.54) is 4.59 Å². The normalized spacial score (nSPS) is 15.8. The van der Waals surface area contributed by atoms with Gasteiger partial charge in [-0.05, 0) is 0 Å². The van der Waals surface area contributed by atoms with Crippen LogP contribution in [0.4, 0.5) is 0 Å². The summed E-state index contributed by atoms with van der Waals surface area (Å²) >= 11 is -1.33. The van der Waals surface area contributed by atoms with Gasteiger partial charge in [0.25, 0.3) is 0 Å². The summed E-state index contributed by atoms with van der Waals surface area (Å²) < 4.78 is 1.33. The Hall–Kier alpha value is 1.18. The predicted molar refractivity (Wildman–Crippen MR) is 53.5 cm³/mol. The molecule has 0 unspecified atom stereocenters. The summed E-state index contributed by atoms with van der Waals surface area (Å²) in [6.07, 6.45) is 4.37. The molecule has 0 saturated carbocycles. The topological polar surface area (TPSA) is 0 Å². The van der Waals surface area contributed by atoms with Gasteiger partial charge in [0.1, 0.15) is 0 Å². The van der Waals surface area contributed by atoms with Crippen molar-refractivity contribution >= 4 is 33.2 Å². The van der Waals surface area contributed by atoms with Crippen LogP contribution in [-0.2, 0) is 0 Å². The molecular weight excluding hydrogens is 212 g/mol. The quantitative estimate of drug-likeness (QED) is 0.638. The molecule has 0 spiro atoms. The van der Waals surface area contributed by atoms with E-state index in [4.69, 9.17) is 10.7 Å². The van der Waals surface area contributed by atoms with Crippen LogP contribution < -0.4 is 0 Å². The average Bonchev–Trinajstić information content (AvgIpc) is 1.14. The minimum atomic E-state index is -1.33. The molecule has 58 valence electrons. The van der Waals surface area contributed by atoms with Gasteiger partial charge in [0.05, 0.1) is 0 Å². The van der Waals surface area contributed by atoms with Crippen molar-refractivity contribution in [2.45, 2.75) is 17.3 Å². The second-order valence-corrected chi connectivity index (χ2v) is 22.3. The molecule has 0 aromatic carbocycles. The molecule has 0 radical (unpaired) electrons. The molecule has 0 aromatic rings. The van der Waals surface area contributed by atoms with Crippen molar-refractivity contribution < 1.29 is 0 Å². The van der Waals surface area contributed by atoms with E-state index in [1.54, 1.807) is 0 Å². The van der Waals surface area contributed by atoms with Gasteiger partial charge in [-0.2, -0.15) is 0 Å². The van der Waals surface area contributed by atoms with E-state index in [0.29, 0.717) is 0 Å². The fourth-order valence-corrected chi connectivity index (χ4v) is 21.2. The van der Waals surface area contributed by atoms with Gasteiger partial charge < -0.3 is 0 Å². The first kappa shape index (κ1) is 10.2. The number of rotatable bonds is 2. The molecule has 0 nitrogen and oxygen atoms in total. The predicted octanol–water partition coefficient (Wildman–Crippen LogP) is 3.08. The van der Waals surface area contributed by atoms with Crippen LogP contribution in [0.5, 0.6) is 0 Å². The maximum atomic E-state index is 6.15. The van der Waals surface area contributed by atoms with Crippen molar-refractivity contribution in [2.75, 3.05) is 17.1 Å². The molecule has 0 atom stereocenters. The van der Waals surface area contributed by atoms with Crippen LogP contribution in [0.15, 0.2) is 0 Å². The van der Waals surface area contributed by atoms with Crippen LogP contribution in [0.1, 0.15) is 0 Å². The van der Waals surface area contributed by atoms with Gasteiger partial charge in [-0.3, -0.25) is 0 Å². The van der Waals surface area contributed by atoms with Crippen molar-refractivity contribution in [2.24, 2.45) is 0 Å². The fourth-order valence-electron chi connectivity index (χ4n) is 1.03. The minimum absolute atomic E-state index is 0.726. The van der Waals surface area contributed by atoms with E-state index in [-0.39, 0.29) is 0 Å². The molecule has 3 heteroatoms. The van der Waals surface area contributed by atoms with Crippen LogP contribution in [0.2, 0.25) is 17.3 Å². The van der Waals surface area contributed by atoms with Crippen molar-refractivity contribution in [3.63, 3.8) is 0 Å². The molecule has 0 rings (SSSR count). The van der Waals surface area contributed by atoms with E-state index >= 15 is 0 Å². The van der Waals surface area contributed by atoms with Gasteiger partial charge in [0.2, 0.25) is 0 Å². The Balaban J connectivity index is 3.75. The van der Waals surface area contributed by atoms with Crippen LogP contribution in [0.25, 0.3) is 0 Å². The molecule has 0 aliphatic rings. The monoisotopic (exact) mass is 230 g/mol. The molecule has 0 N–H and O–H groups in total. The standard InChI is InChI=1S/C6H17ClGeS/c1-8(2,3)6-9(4,5)7/h6H2,1-5H3. The fraction of sp³-hybridized carbons (Fsp3) is 1.00. The Bertz CT molecular complexity index is 78.2. The Morgan fingerprint density at radius 2 is 1.56 bits per heavy atom. The Morgan fingerprint density at radius 1 is 1.22 bits per heavy atom. The Morgan fingerprint density at radius 3 is 1.56 bits per heavy atom. The molecule has 0 aliphatic heterocycles. The molecule has 0 amide bonds. The maximum absolute atomic E-state index is 6.15. The van der Waals surface area contributed by atoms with E-state index in [1.807, 2.05) is 0 Å². The average molecular weight is 229 g/mol. The second-order valence-electron chi connectivity index (χ2n) is 4.11. The van der Waals surface area contributed by atoms with E-state index in [0.717, 1.165) is 0 Å². The first-order valence-electron chi connectivity index (χ1n) is 3.11. The van der Waals surface area contributed by atoms with Crippen LogP contribution >= 0.6 is 19.9 Å². The zero-order valence-corrected chi connectivity index (χ0v) is 10.7. The third-order valence-electron chi connectivity index (χ3n) is 0.776. The summed E-state index contributed by atoms with van der Waals surface area (Å²) in [5.41, 5.74) is 0. The summed E-state index contributed by atoms with van der Waals surface area (Å²) in [6.45, 7) is 0. The molecule has 0 aliphatic carbocycles.